The summed E-state index contributed by atoms with van der Waals surface area (Å²) in [7, 11) is 0. The second kappa shape index (κ2) is 6.21. The summed E-state index contributed by atoms with van der Waals surface area (Å²) in [5, 5.41) is 0.556. The molecule has 1 aromatic carbocycles. The third kappa shape index (κ3) is 2.95. The number of anilines is 1. The number of carbonyl (C=O) groups excluding carboxylic acids is 1. The van der Waals surface area contributed by atoms with E-state index in [9.17, 15) is 9.59 Å². The number of nitrogens with zero attached hydrogens (tertiary/aromatic N) is 2. The number of thiophene rings is 1. The number of fused-ring (bicyclic) bond motifs is 1. The predicted molar refractivity (Wildman–Crippen MR) is 91.8 cm³/mol. The van der Waals surface area contributed by atoms with Crippen molar-refractivity contribution in [3.05, 3.63) is 56.5 Å². The highest BCUT2D eigenvalue weighted by molar-refractivity contribution is 7.13. The molecule has 0 unspecified atom stereocenters. The van der Waals surface area contributed by atoms with Gasteiger partial charge >= 0.3 is 0 Å². The zero-order chi connectivity index (χ0) is 16.4. The van der Waals surface area contributed by atoms with Crippen LogP contribution in [0.5, 0.6) is 0 Å². The van der Waals surface area contributed by atoms with Crippen molar-refractivity contribution in [1.82, 2.24) is 15.0 Å². The Labute approximate surface area is 136 Å². The van der Waals surface area contributed by atoms with Crippen molar-refractivity contribution >= 4 is 34.1 Å². The molecule has 7 heteroatoms. The van der Waals surface area contributed by atoms with Gasteiger partial charge in [-0.1, -0.05) is 12.1 Å². The molecule has 2 heterocycles. The molecule has 0 saturated carbocycles. The smallest absolute Gasteiger partial charge is 0.277 e. The van der Waals surface area contributed by atoms with Gasteiger partial charge in [0.2, 0.25) is 5.95 Å². The van der Waals surface area contributed by atoms with E-state index in [-0.39, 0.29) is 11.5 Å². The summed E-state index contributed by atoms with van der Waals surface area (Å²) < 4.78 is 1.49. The summed E-state index contributed by atoms with van der Waals surface area (Å²) >= 11 is 1.41. The molecule has 3 rings (SSSR count). The Bertz CT molecular complexity index is 929. The van der Waals surface area contributed by atoms with Crippen LogP contribution in [-0.2, 0) is 6.54 Å². The SMILES string of the molecule is CCn1c(NNC(=O)c2ccc(C)s2)nc2ccccc2c1=O. The van der Waals surface area contributed by atoms with Crippen molar-refractivity contribution in [1.29, 1.82) is 0 Å². The second-order valence-corrected chi connectivity index (χ2v) is 6.28. The van der Waals surface area contributed by atoms with Crippen LogP contribution in [0.15, 0.2) is 41.2 Å². The van der Waals surface area contributed by atoms with Crippen molar-refractivity contribution in [2.24, 2.45) is 0 Å². The standard InChI is InChI=1S/C16H16N4O2S/c1-3-20-15(22)11-6-4-5-7-12(11)17-16(20)19-18-14(21)13-9-8-10(2)23-13/h4-9H,3H2,1-2H3,(H,17,19)(H,18,21). The fourth-order valence-electron chi connectivity index (χ4n) is 2.29. The highest BCUT2D eigenvalue weighted by Gasteiger charge is 2.12. The Morgan fingerprint density at radius 3 is 2.74 bits per heavy atom. The molecule has 2 aromatic heterocycles. The molecular weight excluding hydrogens is 312 g/mol. The number of hydrazine groups is 1. The van der Waals surface area contributed by atoms with Crippen LogP contribution in [0.1, 0.15) is 21.5 Å². The van der Waals surface area contributed by atoms with E-state index in [1.165, 1.54) is 15.9 Å². The summed E-state index contributed by atoms with van der Waals surface area (Å²) in [5.74, 6) is 0.0611. The Morgan fingerprint density at radius 2 is 2.04 bits per heavy atom. The first kappa shape index (κ1) is 15.2. The minimum Gasteiger partial charge on any atom is -0.277 e. The predicted octanol–water partition coefficient (Wildman–Crippen LogP) is 2.54. The summed E-state index contributed by atoms with van der Waals surface area (Å²) in [5.41, 5.74) is 5.81. The number of carbonyl (C=O) groups is 1. The molecule has 0 aliphatic carbocycles. The Kier molecular flexibility index (Phi) is 4.12. The summed E-state index contributed by atoms with van der Waals surface area (Å²) in [4.78, 5) is 30.6. The third-order valence-corrected chi connectivity index (χ3v) is 4.43. The molecule has 2 N–H and O–H groups in total. The number of rotatable bonds is 4. The number of amides is 1. The number of nitrogens with one attached hydrogen (secondary N) is 2. The lowest BCUT2D eigenvalue weighted by Gasteiger charge is -2.13. The van der Waals surface area contributed by atoms with Gasteiger partial charge in [-0.3, -0.25) is 25.0 Å². The van der Waals surface area contributed by atoms with Gasteiger partial charge in [-0.25, -0.2) is 4.98 Å². The molecule has 3 aromatic rings. The van der Waals surface area contributed by atoms with Gasteiger partial charge < -0.3 is 0 Å². The van der Waals surface area contributed by atoms with Gasteiger partial charge in [0.05, 0.1) is 15.8 Å². The third-order valence-electron chi connectivity index (χ3n) is 3.43. The van der Waals surface area contributed by atoms with E-state index >= 15 is 0 Å². The maximum Gasteiger partial charge on any atom is 0.279 e. The number of hydrogen-bond acceptors (Lipinski definition) is 5. The largest absolute Gasteiger partial charge is 0.279 e. The van der Waals surface area contributed by atoms with E-state index in [0.29, 0.717) is 28.3 Å². The molecule has 0 aliphatic heterocycles. The van der Waals surface area contributed by atoms with Crippen LogP contribution in [0.3, 0.4) is 0 Å². The highest BCUT2D eigenvalue weighted by atomic mass is 32.1. The summed E-state index contributed by atoms with van der Waals surface area (Å²) in [6.07, 6.45) is 0. The molecule has 0 atom stereocenters. The topological polar surface area (TPSA) is 76.0 Å². The maximum absolute atomic E-state index is 12.5. The van der Waals surface area contributed by atoms with Crippen LogP contribution in [0.4, 0.5) is 5.95 Å². The highest BCUT2D eigenvalue weighted by Crippen LogP contribution is 2.15. The molecule has 0 radical (unpaired) electrons. The molecule has 6 nitrogen and oxygen atoms in total. The first-order valence-corrected chi connectivity index (χ1v) is 8.04. The molecule has 23 heavy (non-hydrogen) atoms. The molecular formula is C16H16N4O2S. The monoisotopic (exact) mass is 328 g/mol. The fourth-order valence-corrected chi connectivity index (χ4v) is 3.05. The number of aryl methyl sites for hydroxylation is 1. The van der Waals surface area contributed by atoms with Crippen molar-refractivity contribution in [2.45, 2.75) is 20.4 Å². The normalized spacial score (nSPS) is 10.7. The zero-order valence-corrected chi connectivity index (χ0v) is 13.6. The Balaban J connectivity index is 1.90. The van der Waals surface area contributed by atoms with Gasteiger partial charge in [-0.05, 0) is 38.1 Å². The quantitative estimate of drug-likeness (QED) is 0.722. The maximum atomic E-state index is 12.5. The lowest BCUT2D eigenvalue weighted by Crippen LogP contribution is -2.34. The van der Waals surface area contributed by atoms with Gasteiger partial charge in [0.15, 0.2) is 0 Å². The number of hydrogen-bond donors (Lipinski definition) is 2. The first-order chi connectivity index (χ1) is 11.1. The van der Waals surface area contributed by atoms with Crippen molar-refractivity contribution in [3.63, 3.8) is 0 Å². The van der Waals surface area contributed by atoms with E-state index in [2.05, 4.69) is 15.8 Å². The summed E-state index contributed by atoms with van der Waals surface area (Å²) in [6.45, 7) is 4.25. The van der Waals surface area contributed by atoms with E-state index in [0.717, 1.165) is 4.88 Å². The van der Waals surface area contributed by atoms with Crippen LogP contribution < -0.4 is 16.4 Å². The zero-order valence-electron chi connectivity index (χ0n) is 12.8. The van der Waals surface area contributed by atoms with Gasteiger partial charge in [0, 0.05) is 11.4 Å². The lowest BCUT2D eigenvalue weighted by molar-refractivity contribution is 0.0966. The lowest BCUT2D eigenvalue weighted by atomic mass is 10.2. The second-order valence-electron chi connectivity index (χ2n) is 4.99. The van der Waals surface area contributed by atoms with Crippen LogP contribution in [0.25, 0.3) is 10.9 Å². The Hall–Kier alpha value is -2.67. The molecule has 0 saturated heterocycles. The van der Waals surface area contributed by atoms with E-state index in [1.807, 2.05) is 26.0 Å². The van der Waals surface area contributed by atoms with Crippen molar-refractivity contribution < 1.29 is 4.79 Å². The number of aromatic nitrogens is 2. The molecule has 0 bridgehead atoms. The molecule has 0 aliphatic rings. The van der Waals surface area contributed by atoms with E-state index in [4.69, 9.17) is 0 Å². The van der Waals surface area contributed by atoms with Crippen molar-refractivity contribution in [2.75, 3.05) is 5.43 Å². The Morgan fingerprint density at radius 1 is 1.26 bits per heavy atom. The first-order valence-electron chi connectivity index (χ1n) is 7.22. The number of benzene rings is 1. The minimum absolute atomic E-state index is 0.137. The minimum atomic E-state index is -0.256. The van der Waals surface area contributed by atoms with Crippen LogP contribution in [0, 0.1) is 6.92 Å². The van der Waals surface area contributed by atoms with Gasteiger partial charge in [-0.2, -0.15) is 0 Å². The van der Waals surface area contributed by atoms with E-state index in [1.54, 1.807) is 24.3 Å². The van der Waals surface area contributed by atoms with Crippen molar-refractivity contribution in [3.8, 4) is 0 Å². The van der Waals surface area contributed by atoms with Crippen LogP contribution >= 0.6 is 11.3 Å². The fraction of sp³-hybridized carbons (Fsp3) is 0.188. The van der Waals surface area contributed by atoms with E-state index < -0.39 is 0 Å². The molecule has 118 valence electrons. The van der Waals surface area contributed by atoms with Gasteiger partial charge in [0.25, 0.3) is 11.5 Å². The molecule has 0 fully saturated rings. The molecule has 1 amide bonds. The van der Waals surface area contributed by atoms with Gasteiger partial charge in [0.1, 0.15) is 0 Å². The van der Waals surface area contributed by atoms with Crippen LogP contribution in [-0.4, -0.2) is 15.5 Å². The average molecular weight is 328 g/mol. The average Bonchev–Trinajstić information content (AvgIpc) is 2.99. The number of para-hydroxylation sites is 1. The summed E-state index contributed by atoms with van der Waals surface area (Å²) in [6, 6.07) is 10.8. The van der Waals surface area contributed by atoms with Crippen LogP contribution in [0.2, 0.25) is 0 Å². The molecule has 0 spiro atoms. The van der Waals surface area contributed by atoms with Gasteiger partial charge in [-0.15, -0.1) is 11.3 Å².